The highest BCUT2D eigenvalue weighted by atomic mass is 35.5. The van der Waals surface area contributed by atoms with Gasteiger partial charge in [0.05, 0.1) is 11.1 Å². The van der Waals surface area contributed by atoms with Gasteiger partial charge in [-0.25, -0.2) is 0 Å². The van der Waals surface area contributed by atoms with E-state index in [0.717, 1.165) is 24.2 Å². The van der Waals surface area contributed by atoms with Crippen molar-refractivity contribution in [2.24, 2.45) is 5.73 Å². The molecule has 0 radical (unpaired) electrons. The molecule has 0 saturated carbocycles. The average molecular weight is 228 g/mol. The monoisotopic (exact) mass is 227 g/mol. The summed E-state index contributed by atoms with van der Waals surface area (Å²) in [4.78, 5) is 0. The van der Waals surface area contributed by atoms with E-state index in [1.54, 1.807) is 0 Å². The average Bonchev–Trinajstić information content (AvgIpc) is 2.21. The Hall–Kier alpha value is -0.730. The number of halogens is 1. The van der Waals surface area contributed by atoms with Crippen LogP contribution in [-0.4, -0.2) is 6.10 Å². The molecule has 0 heterocycles. The molecule has 1 aromatic carbocycles. The second-order valence-corrected chi connectivity index (χ2v) is 4.06. The molecule has 1 aromatic rings. The Morgan fingerprint density at radius 1 is 1.47 bits per heavy atom. The minimum Gasteiger partial charge on any atom is -0.489 e. The van der Waals surface area contributed by atoms with E-state index in [1.807, 2.05) is 25.1 Å². The summed E-state index contributed by atoms with van der Waals surface area (Å²) in [6.07, 6.45) is 2.30. The molecule has 2 nitrogen and oxygen atoms in total. The van der Waals surface area contributed by atoms with Crippen LogP contribution < -0.4 is 10.5 Å². The Bertz CT molecular complexity index is 314. The lowest BCUT2D eigenvalue weighted by atomic mass is 10.2. The smallest absolute Gasteiger partial charge is 0.142 e. The van der Waals surface area contributed by atoms with Crippen LogP contribution in [0.4, 0.5) is 0 Å². The summed E-state index contributed by atoms with van der Waals surface area (Å²) in [5, 5.41) is 0.640. The Morgan fingerprint density at radius 3 is 2.80 bits per heavy atom. The largest absolute Gasteiger partial charge is 0.489 e. The number of hydrogen-bond acceptors (Lipinski definition) is 2. The molecule has 0 saturated heterocycles. The Morgan fingerprint density at radius 2 is 2.20 bits per heavy atom. The first-order chi connectivity index (χ1) is 7.19. The number of hydrogen-bond donors (Lipinski definition) is 1. The maximum absolute atomic E-state index is 6.07. The summed E-state index contributed by atoms with van der Waals surface area (Å²) in [7, 11) is 0. The summed E-state index contributed by atoms with van der Waals surface area (Å²) < 4.78 is 5.80. The molecule has 0 spiro atoms. The standard InChI is InChI=1S/C12H18ClNO/c1-3-5-9(2)15-12-10(8-14)6-4-7-11(12)13/h4,6-7,9H,3,5,8,14H2,1-2H3. The Labute approximate surface area is 96.4 Å². The van der Waals surface area contributed by atoms with E-state index in [2.05, 4.69) is 6.92 Å². The van der Waals surface area contributed by atoms with Crippen molar-refractivity contribution in [3.8, 4) is 5.75 Å². The minimum absolute atomic E-state index is 0.181. The number of benzene rings is 1. The van der Waals surface area contributed by atoms with Gasteiger partial charge in [-0.2, -0.15) is 0 Å². The van der Waals surface area contributed by atoms with Crippen LogP contribution in [0.15, 0.2) is 18.2 Å². The van der Waals surface area contributed by atoms with Gasteiger partial charge >= 0.3 is 0 Å². The highest BCUT2D eigenvalue weighted by molar-refractivity contribution is 6.32. The molecule has 3 heteroatoms. The summed E-state index contributed by atoms with van der Waals surface area (Å²) in [6, 6.07) is 5.66. The number of rotatable bonds is 5. The highest BCUT2D eigenvalue weighted by Crippen LogP contribution is 2.29. The van der Waals surface area contributed by atoms with Crippen molar-refractivity contribution in [2.45, 2.75) is 39.3 Å². The predicted octanol–water partition coefficient (Wildman–Crippen LogP) is 3.37. The molecule has 15 heavy (non-hydrogen) atoms. The van der Waals surface area contributed by atoms with E-state index < -0.39 is 0 Å². The van der Waals surface area contributed by atoms with Crippen molar-refractivity contribution in [1.29, 1.82) is 0 Å². The zero-order valence-corrected chi connectivity index (χ0v) is 10.1. The molecule has 2 N–H and O–H groups in total. The van der Waals surface area contributed by atoms with Crippen molar-refractivity contribution in [3.63, 3.8) is 0 Å². The molecule has 0 amide bonds. The molecule has 0 aliphatic carbocycles. The SMILES string of the molecule is CCCC(C)Oc1c(Cl)cccc1CN. The summed E-state index contributed by atoms with van der Waals surface area (Å²) in [5.74, 6) is 0.739. The van der Waals surface area contributed by atoms with Crippen LogP contribution in [0.2, 0.25) is 5.02 Å². The molecule has 0 aromatic heterocycles. The minimum atomic E-state index is 0.181. The van der Waals surface area contributed by atoms with Gasteiger partial charge in [-0.15, -0.1) is 0 Å². The summed E-state index contributed by atoms with van der Waals surface area (Å²) in [6.45, 7) is 4.64. The van der Waals surface area contributed by atoms with Gasteiger partial charge in [0.15, 0.2) is 0 Å². The van der Waals surface area contributed by atoms with Crippen LogP contribution in [-0.2, 0) is 6.54 Å². The van der Waals surface area contributed by atoms with Gasteiger partial charge in [-0.1, -0.05) is 37.1 Å². The topological polar surface area (TPSA) is 35.2 Å². The van der Waals surface area contributed by atoms with Crippen molar-refractivity contribution >= 4 is 11.6 Å². The van der Waals surface area contributed by atoms with Crippen LogP contribution in [0.3, 0.4) is 0 Å². The van der Waals surface area contributed by atoms with Crippen LogP contribution in [0.5, 0.6) is 5.75 Å². The van der Waals surface area contributed by atoms with Gasteiger partial charge in [0.2, 0.25) is 0 Å². The third-order valence-electron chi connectivity index (χ3n) is 2.28. The molecular weight excluding hydrogens is 210 g/mol. The normalized spacial score (nSPS) is 12.5. The molecule has 0 aliphatic heterocycles. The molecule has 84 valence electrons. The van der Waals surface area contributed by atoms with Gasteiger partial charge in [-0.05, 0) is 19.4 Å². The van der Waals surface area contributed by atoms with Crippen molar-refractivity contribution in [3.05, 3.63) is 28.8 Å². The number of ether oxygens (including phenoxy) is 1. The first-order valence-electron chi connectivity index (χ1n) is 5.33. The Balaban J connectivity index is 2.82. The second-order valence-electron chi connectivity index (χ2n) is 3.65. The van der Waals surface area contributed by atoms with Crippen LogP contribution >= 0.6 is 11.6 Å². The molecule has 0 bridgehead atoms. The van der Waals surface area contributed by atoms with Crippen LogP contribution in [0.1, 0.15) is 32.3 Å². The summed E-state index contributed by atoms with van der Waals surface area (Å²) in [5.41, 5.74) is 6.59. The lowest BCUT2D eigenvalue weighted by Crippen LogP contribution is -2.13. The zero-order chi connectivity index (χ0) is 11.3. The zero-order valence-electron chi connectivity index (χ0n) is 9.29. The molecule has 1 atom stereocenters. The third kappa shape index (κ3) is 3.40. The molecule has 0 fully saturated rings. The van der Waals surface area contributed by atoms with E-state index in [4.69, 9.17) is 22.1 Å². The quantitative estimate of drug-likeness (QED) is 0.837. The second kappa shape index (κ2) is 5.99. The van der Waals surface area contributed by atoms with Crippen LogP contribution in [0, 0.1) is 0 Å². The van der Waals surface area contributed by atoms with Crippen molar-refractivity contribution < 1.29 is 4.74 Å². The number of nitrogens with two attached hydrogens (primary N) is 1. The predicted molar refractivity (Wildman–Crippen MR) is 64.3 cm³/mol. The van der Waals surface area contributed by atoms with Gasteiger partial charge < -0.3 is 10.5 Å². The Kier molecular flexibility index (Phi) is 4.92. The van der Waals surface area contributed by atoms with E-state index in [0.29, 0.717) is 11.6 Å². The first kappa shape index (κ1) is 12.3. The van der Waals surface area contributed by atoms with E-state index >= 15 is 0 Å². The fourth-order valence-electron chi connectivity index (χ4n) is 1.51. The summed E-state index contributed by atoms with van der Waals surface area (Å²) >= 11 is 6.07. The van der Waals surface area contributed by atoms with E-state index in [1.165, 1.54) is 0 Å². The van der Waals surface area contributed by atoms with Crippen molar-refractivity contribution in [1.82, 2.24) is 0 Å². The third-order valence-corrected chi connectivity index (χ3v) is 2.58. The first-order valence-corrected chi connectivity index (χ1v) is 5.71. The number of para-hydroxylation sites is 1. The molecule has 1 rings (SSSR count). The maximum Gasteiger partial charge on any atom is 0.142 e. The maximum atomic E-state index is 6.07. The van der Waals surface area contributed by atoms with Gasteiger partial charge in [-0.3, -0.25) is 0 Å². The van der Waals surface area contributed by atoms with Gasteiger partial charge in [0.1, 0.15) is 5.75 Å². The van der Waals surface area contributed by atoms with E-state index in [9.17, 15) is 0 Å². The van der Waals surface area contributed by atoms with Gasteiger partial charge in [0.25, 0.3) is 0 Å². The molecular formula is C12H18ClNO. The fraction of sp³-hybridized carbons (Fsp3) is 0.500. The fourth-order valence-corrected chi connectivity index (χ4v) is 1.75. The lowest BCUT2D eigenvalue weighted by molar-refractivity contribution is 0.208. The van der Waals surface area contributed by atoms with Crippen molar-refractivity contribution in [2.75, 3.05) is 0 Å². The molecule has 0 aliphatic rings. The molecule has 1 unspecified atom stereocenters. The van der Waals surface area contributed by atoms with Crippen LogP contribution in [0.25, 0.3) is 0 Å². The van der Waals surface area contributed by atoms with Gasteiger partial charge in [0, 0.05) is 12.1 Å². The highest BCUT2D eigenvalue weighted by Gasteiger charge is 2.10. The lowest BCUT2D eigenvalue weighted by Gasteiger charge is -2.17. The van der Waals surface area contributed by atoms with E-state index in [-0.39, 0.29) is 6.10 Å².